The molecule has 0 aliphatic rings. The van der Waals surface area contributed by atoms with Gasteiger partial charge in [0, 0.05) is 16.1 Å². The summed E-state index contributed by atoms with van der Waals surface area (Å²) in [4.78, 5) is 0. The molecule has 1 atom stereocenters. The molecular weight excluding hydrogens is 326 g/mol. The van der Waals surface area contributed by atoms with Crippen molar-refractivity contribution in [2.24, 2.45) is 0 Å². The van der Waals surface area contributed by atoms with Crippen molar-refractivity contribution >= 4 is 15.9 Å². The van der Waals surface area contributed by atoms with E-state index in [4.69, 9.17) is 4.74 Å². The van der Waals surface area contributed by atoms with Crippen LogP contribution in [0.25, 0.3) is 0 Å². The maximum absolute atomic E-state index is 6.08. The normalized spacial score (nSPS) is 12.2. The Labute approximate surface area is 135 Å². The maximum Gasteiger partial charge on any atom is 0.133 e. The second-order valence-corrected chi connectivity index (χ2v) is 6.19. The molecule has 21 heavy (non-hydrogen) atoms. The quantitative estimate of drug-likeness (QED) is 0.733. The molecule has 2 rings (SSSR count). The van der Waals surface area contributed by atoms with E-state index in [1.807, 2.05) is 18.2 Å². The molecule has 0 spiro atoms. The average molecular weight is 348 g/mol. The van der Waals surface area contributed by atoms with E-state index in [0.717, 1.165) is 28.9 Å². The second-order valence-electron chi connectivity index (χ2n) is 5.27. The van der Waals surface area contributed by atoms with E-state index >= 15 is 0 Å². The first-order valence-electron chi connectivity index (χ1n) is 7.37. The summed E-state index contributed by atoms with van der Waals surface area (Å²) in [6.45, 7) is 7.41. The number of hydrogen-bond acceptors (Lipinski definition) is 2. The third kappa shape index (κ3) is 4.58. The van der Waals surface area contributed by atoms with Gasteiger partial charge in [0.1, 0.15) is 11.5 Å². The second kappa shape index (κ2) is 7.62. The molecule has 0 amide bonds. The minimum Gasteiger partial charge on any atom is -0.457 e. The number of rotatable bonds is 6. The van der Waals surface area contributed by atoms with E-state index in [-0.39, 0.29) is 6.04 Å². The summed E-state index contributed by atoms with van der Waals surface area (Å²) in [5.41, 5.74) is 2.40. The van der Waals surface area contributed by atoms with Crippen LogP contribution < -0.4 is 10.1 Å². The molecule has 1 N–H and O–H groups in total. The fourth-order valence-electron chi connectivity index (χ4n) is 2.16. The predicted molar refractivity (Wildman–Crippen MR) is 92.1 cm³/mol. The highest BCUT2D eigenvalue weighted by molar-refractivity contribution is 9.10. The Morgan fingerprint density at radius 2 is 1.86 bits per heavy atom. The fourth-order valence-corrected chi connectivity index (χ4v) is 2.50. The van der Waals surface area contributed by atoms with Crippen molar-refractivity contribution in [2.45, 2.75) is 33.2 Å². The minimum atomic E-state index is 0.262. The number of ether oxygens (including phenoxy) is 1. The first-order valence-corrected chi connectivity index (χ1v) is 8.16. The lowest BCUT2D eigenvalue weighted by atomic mass is 10.1. The largest absolute Gasteiger partial charge is 0.457 e. The van der Waals surface area contributed by atoms with Gasteiger partial charge < -0.3 is 10.1 Å². The molecule has 3 heteroatoms. The summed E-state index contributed by atoms with van der Waals surface area (Å²) in [5.74, 6) is 1.76. The molecule has 0 radical (unpaired) electrons. The average Bonchev–Trinajstić information content (AvgIpc) is 2.47. The molecule has 0 aromatic heterocycles. The molecule has 2 aromatic carbocycles. The Kier molecular flexibility index (Phi) is 5.83. The van der Waals surface area contributed by atoms with Gasteiger partial charge >= 0.3 is 0 Å². The van der Waals surface area contributed by atoms with Crippen LogP contribution >= 0.6 is 15.9 Å². The van der Waals surface area contributed by atoms with Crippen LogP contribution in [-0.2, 0) is 0 Å². The van der Waals surface area contributed by atoms with Crippen LogP contribution in [-0.4, -0.2) is 6.54 Å². The van der Waals surface area contributed by atoms with Crippen LogP contribution in [0.3, 0.4) is 0 Å². The van der Waals surface area contributed by atoms with E-state index in [1.165, 1.54) is 11.1 Å². The Hall–Kier alpha value is -1.32. The molecule has 0 saturated carbocycles. The lowest BCUT2D eigenvalue weighted by Crippen LogP contribution is -2.19. The monoisotopic (exact) mass is 347 g/mol. The molecule has 0 saturated heterocycles. The zero-order chi connectivity index (χ0) is 15.2. The van der Waals surface area contributed by atoms with Gasteiger partial charge in [0.25, 0.3) is 0 Å². The van der Waals surface area contributed by atoms with Gasteiger partial charge in [-0.25, -0.2) is 0 Å². The lowest BCUT2D eigenvalue weighted by Gasteiger charge is -2.18. The molecule has 0 aliphatic carbocycles. The lowest BCUT2D eigenvalue weighted by molar-refractivity contribution is 0.460. The number of benzene rings is 2. The molecule has 0 fully saturated rings. The minimum absolute atomic E-state index is 0.262. The highest BCUT2D eigenvalue weighted by atomic mass is 79.9. The van der Waals surface area contributed by atoms with Crippen molar-refractivity contribution < 1.29 is 4.74 Å². The number of nitrogens with one attached hydrogen (secondary N) is 1. The van der Waals surface area contributed by atoms with Crippen LogP contribution in [0.15, 0.2) is 46.9 Å². The maximum atomic E-state index is 6.08. The van der Waals surface area contributed by atoms with Crippen molar-refractivity contribution in [3.05, 3.63) is 58.1 Å². The smallest absolute Gasteiger partial charge is 0.133 e. The van der Waals surface area contributed by atoms with Gasteiger partial charge in [-0.3, -0.25) is 0 Å². The van der Waals surface area contributed by atoms with Crippen molar-refractivity contribution in [1.82, 2.24) is 5.32 Å². The van der Waals surface area contributed by atoms with Gasteiger partial charge in [-0.1, -0.05) is 46.6 Å². The Balaban J connectivity index is 2.24. The Morgan fingerprint density at radius 3 is 2.52 bits per heavy atom. The summed E-state index contributed by atoms with van der Waals surface area (Å²) >= 11 is 3.52. The van der Waals surface area contributed by atoms with Gasteiger partial charge in [0.2, 0.25) is 0 Å². The Morgan fingerprint density at radius 1 is 1.14 bits per heavy atom. The van der Waals surface area contributed by atoms with E-state index in [9.17, 15) is 0 Å². The van der Waals surface area contributed by atoms with Crippen molar-refractivity contribution in [1.29, 1.82) is 0 Å². The standard InChI is InChI=1S/C18H22BrNO/c1-4-11-20-14(3)17-10-7-15(19)12-18(17)21-16-8-5-13(2)6-9-16/h5-10,12,14,20H,4,11H2,1-3H3. The third-order valence-corrected chi connectivity index (χ3v) is 3.88. The molecule has 2 aromatic rings. The van der Waals surface area contributed by atoms with E-state index in [1.54, 1.807) is 0 Å². The van der Waals surface area contributed by atoms with Crippen LogP contribution in [0.4, 0.5) is 0 Å². The van der Waals surface area contributed by atoms with E-state index in [0.29, 0.717) is 0 Å². The molecular formula is C18H22BrNO. The van der Waals surface area contributed by atoms with Gasteiger partial charge in [-0.05, 0) is 51.1 Å². The summed E-state index contributed by atoms with van der Waals surface area (Å²) in [7, 11) is 0. The van der Waals surface area contributed by atoms with Crippen LogP contribution in [0.1, 0.15) is 37.4 Å². The molecule has 2 nitrogen and oxygen atoms in total. The number of hydrogen-bond donors (Lipinski definition) is 1. The summed E-state index contributed by atoms with van der Waals surface area (Å²) in [6.07, 6.45) is 1.12. The van der Waals surface area contributed by atoms with Crippen LogP contribution in [0.5, 0.6) is 11.5 Å². The molecule has 1 unspecified atom stereocenters. The van der Waals surface area contributed by atoms with E-state index < -0.39 is 0 Å². The van der Waals surface area contributed by atoms with Crippen LogP contribution in [0.2, 0.25) is 0 Å². The first-order chi connectivity index (χ1) is 10.1. The molecule has 0 heterocycles. The van der Waals surface area contributed by atoms with E-state index in [2.05, 4.69) is 66.3 Å². The summed E-state index contributed by atoms with van der Waals surface area (Å²) in [5, 5.41) is 3.51. The molecule has 0 bridgehead atoms. The van der Waals surface area contributed by atoms with Crippen molar-refractivity contribution in [2.75, 3.05) is 6.54 Å². The highest BCUT2D eigenvalue weighted by Gasteiger charge is 2.12. The SMILES string of the molecule is CCCNC(C)c1ccc(Br)cc1Oc1ccc(C)cc1. The first kappa shape index (κ1) is 16.1. The van der Waals surface area contributed by atoms with Crippen LogP contribution in [0, 0.1) is 6.92 Å². The van der Waals surface area contributed by atoms with Crippen molar-refractivity contribution in [3.63, 3.8) is 0 Å². The van der Waals surface area contributed by atoms with Gasteiger partial charge in [-0.2, -0.15) is 0 Å². The number of aryl methyl sites for hydroxylation is 1. The summed E-state index contributed by atoms with van der Waals surface area (Å²) in [6, 6.07) is 14.6. The summed E-state index contributed by atoms with van der Waals surface area (Å²) < 4.78 is 7.10. The third-order valence-electron chi connectivity index (χ3n) is 3.39. The van der Waals surface area contributed by atoms with Gasteiger partial charge in [-0.15, -0.1) is 0 Å². The topological polar surface area (TPSA) is 21.3 Å². The van der Waals surface area contributed by atoms with Gasteiger partial charge in [0.15, 0.2) is 0 Å². The Bertz CT molecular complexity index is 580. The predicted octanol–water partition coefficient (Wildman–Crippen LogP) is 5.61. The van der Waals surface area contributed by atoms with Crippen molar-refractivity contribution in [3.8, 4) is 11.5 Å². The molecule has 112 valence electrons. The zero-order valence-electron chi connectivity index (χ0n) is 12.8. The number of halogens is 1. The highest BCUT2D eigenvalue weighted by Crippen LogP contribution is 2.32. The van der Waals surface area contributed by atoms with Gasteiger partial charge in [0.05, 0.1) is 0 Å². The zero-order valence-corrected chi connectivity index (χ0v) is 14.4. The fraction of sp³-hybridized carbons (Fsp3) is 0.333. The molecule has 0 aliphatic heterocycles.